The van der Waals surface area contributed by atoms with Crippen molar-refractivity contribution in [2.24, 2.45) is 0 Å². The van der Waals surface area contributed by atoms with E-state index >= 15 is 0 Å². The molecule has 0 radical (unpaired) electrons. The van der Waals surface area contributed by atoms with E-state index in [1.54, 1.807) is 18.6 Å². The molecule has 0 aliphatic carbocycles. The number of fused-ring (bicyclic) bond motifs is 1. The van der Waals surface area contributed by atoms with Gasteiger partial charge in [-0.3, -0.25) is 19.9 Å². The van der Waals surface area contributed by atoms with Gasteiger partial charge in [0, 0.05) is 60.1 Å². The van der Waals surface area contributed by atoms with E-state index in [1.807, 2.05) is 12.3 Å². The molecule has 1 aromatic carbocycles. The molecular formula is C25H26N6. The quantitative estimate of drug-likeness (QED) is 0.507. The number of likely N-dealkylation sites (tertiary alicyclic amines) is 1. The first-order valence-corrected chi connectivity index (χ1v) is 10.8. The summed E-state index contributed by atoms with van der Waals surface area (Å²) >= 11 is 0. The number of nitrogens with one attached hydrogen (secondary N) is 1. The monoisotopic (exact) mass is 410 g/mol. The third kappa shape index (κ3) is 4.54. The second-order valence-corrected chi connectivity index (χ2v) is 8.20. The number of benzene rings is 1. The van der Waals surface area contributed by atoms with Crippen molar-refractivity contribution in [3.8, 4) is 0 Å². The van der Waals surface area contributed by atoms with Crippen LogP contribution in [0.3, 0.4) is 0 Å². The third-order valence-corrected chi connectivity index (χ3v) is 5.86. The van der Waals surface area contributed by atoms with Gasteiger partial charge in [-0.05, 0) is 56.1 Å². The molecule has 1 fully saturated rings. The first-order chi connectivity index (χ1) is 15.2. The summed E-state index contributed by atoms with van der Waals surface area (Å²) in [6.07, 6.45) is 9.30. The Morgan fingerprint density at radius 1 is 1.06 bits per heavy atom. The molecular weight excluding hydrogens is 384 g/mol. The Morgan fingerprint density at radius 3 is 2.94 bits per heavy atom. The molecule has 6 nitrogen and oxygen atoms in total. The van der Waals surface area contributed by atoms with E-state index in [0.717, 1.165) is 54.5 Å². The van der Waals surface area contributed by atoms with Gasteiger partial charge in [0.1, 0.15) is 5.82 Å². The Kier molecular flexibility index (Phi) is 5.54. The number of hydrogen-bond donors (Lipinski definition) is 1. The number of pyridine rings is 2. The Labute approximate surface area is 182 Å². The van der Waals surface area contributed by atoms with E-state index in [0.29, 0.717) is 5.92 Å². The number of nitrogens with zero attached hydrogens (tertiary/aromatic N) is 5. The average Bonchev–Trinajstić information content (AvgIpc) is 2.80. The molecule has 1 saturated heterocycles. The number of anilines is 2. The summed E-state index contributed by atoms with van der Waals surface area (Å²) in [4.78, 5) is 20.4. The molecule has 0 unspecified atom stereocenters. The predicted octanol–water partition coefficient (Wildman–Crippen LogP) is 4.85. The summed E-state index contributed by atoms with van der Waals surface area (Å²) in [6.45, 7) is 5.12. The van der Waals surface area contributed by atoms with Crippen LogP contribution in [-0.4, -0.2) is 37.9 Å². The summed E-state index contributed by atoms with van der Waals surface area (Å²) in [5.74, 6) is 1.16. The lowest BCUT2D eigenvalue weighted by Crippen LogP contribution is -2.34. The minimum Gasteiger partial charge on any atom is -0.339 e. The predicted molar refractivity (Wildman–Crippen MR) is 123 cm³/mol. The zero-order valence-electron chi connectivity index (χ0n) is 17.7. The molecule has 156 valence electrons. The molecule has 0 saturated carbocycles. The van der Waals surface area contributed by atoms with Crippen molar-refractivity contribution < 1.29 is 0 Å². The van der Waals surface area contributed by atoms with Crippen molar-refractivity contribution in [2.75, 3.05) is 18.4 Å². The fraction of sp³-hybridized carbons (Fsp3) is 0.280. The summed E-state index contributed by atoms with van der Waals surface area (Å²) in [5, 5.41) is 4.61. The second-order valence-electron chi connectivity index (χ2n) is 8.20. The van der Waals surface area contributed by atoms with Crippen LogP contribution in [0.1, 0.15) is 35.7 Å². The van der Waals surface area contributed by atoms with Gasteiger partial charge in [0.25, 0.3) is 0 Å². The smallest absolute Gasteiger partial charge is 0.148 e. The van der Waals surface area contributed by atoms with Crippen molar-refractivity contribution in [3.63, 3.8) is 0 Å². The van der Waals surface area contributed by atoms with Gasteiger partial charge in [-0.15, -0.1) is 0 Å². The maximum absolute atomic E-state index is 4.88. The summed E-state index contributed by atoms with van der Waals surface area (Å²) in [7, 11) is 0. The van der Waals surface area contributed by atoms with Crippen LogP contribution < -0.4 is 5.32 Å². The molecule has 1 N–H and O–H groups in total. The molecule has 0 spiro atoms. The highest BCUT2D eigenvalue weighted by Gasteiger charge is 2.23. The summed E-state index contributed by atoms with van der Waals surface area (Å²) in [6, 6.07) is 14.8. The van der Waals surface area contributed by atoms with Gasteiger partial charge in [-0.1, -0.05) is 18.2 Å². The van der Waals surface area contributed by atoms with Crippen molar-refractivity contribution in [3.05, 3.63) is 84.2 Å². The minimum absolute atomic E-state index is 0.421. The lowest BCUT2D eigenvalue weighted by atomic mass is 9.93. The molecule has 31 heavy (non-hydrogen) atoms. The number of hydrogen-bond acceptors (Lipinski definition) is 6. The molecule has 1 aliphatic rings. The van der Waals surface area contributed by atoms with Crippen molar-refractivity contribution in [2.45, 2.75) is 32.2 Å². The van der Waals surface area contributed by atoms with E-state index in [4.69, 9.17) is 4.98 Å². The van der Waals surface area contributed by atoms with E-state index in [9.17, 15) is 0 Å². The van der Waals surface area contributed by atoms with E-state index in [-0.39, 0.29) is 0 Å². The van der Waals surface area contributed by atoms with Crippen LogP contribution in [0.4, 0.5) is 11.5 Å². The topological polar surface area (TPSA) is 66.8 Å². The summed E-state index contributed by atoms with van der Waals surface area (Å²) < 4.78 is 0. The first kappa shape index (κ1) is 19.6. The zero-order valence-corrected chi connectivity index (χ0v) is 17.7. The van der Waals surface area contributed by atoms with Crippen molar-refractivity contribution >= 4 is 22.4 Å². The molecule has 1 atom stereocenters. The van der Waals surface area contributed by atoms with Gasteiger partial charge in [0.2, 0.25) is 0 Å². The molecule has 4 heterocycles. The molecule has 4 aromatic rings. The minimum atomic E-state index is 0.421. The number of rotatable bonds is 5. The lowest BCUT2D eigenvalue weighted by Gasteiger charge is -2.33. The average molecular weight is 411 g/mol. The Balaban J connectivity index is 1.34. The van der Waals surface area contributed by atoms with Gasteiger partial charge in [-0.25, -0.2) is 4.98 Å². The van der Waals surface area contributed by atoms with Crippen LogP contribution >= 0.6 is 0 Å². The molecule has 0 bridgehead atoms. The maximum atomic E-state index is 4.88. The van der Waals surface area contributed by atoms with Crippen LogP contribution in [-0.2, 0) is 6.54 Å². The Bertz CT molecular complexity index is 1170. The molecule has 3 aromatic heterocycles. The molecule has 5 rings (SSSR count). The van der Waals surface area contributed by atoms with E-state index in [2.05, 4.69) is 68.5 Å². The molecule has 1 aliphatic heterocycles. The number of aromatic nitrogens is 4. The summed E-state index contributed by atoms with van der Waals surface area (Å²) in [5.41, 5.74) is 5.58. The highest BCUT2D eigenvalue weighted by Crippen LogP contribution is 2.30. The fourth-order valence-corrected chi connectivity index (χ4v) is 4.47. The Morgan fingerprint density at radius 2 is 2.03 bits per heavy atom. The van der Waals surface area contributed by atoms with Crippen molar-refractivity contribution in [1.82, 2.24) is 24.8 Å². The first-order valence-electron chi connectivity index (χ1n) is 10.8. The van der Waals surface area contributed by atoms with Crippen LogP contribution in [0, 0.1) is 6.92 Å². The standard InChI is InChI=1S/C25H26N6/c1-18-13-21(30-25-15-26-10-11-28-25)14-24(29-18)20-6-4-12-31(17-20)16-19-5-2-8-23-22(19)7-3-9-27-23/h2-3,5,7-11,13-15,20H,4,6,12,16-17H2,1H3,(H,28,29,30)/t20-/m0/s1. The van der Waals surface area contributed by atoms with Gasteiger partial charge >= 0.3 is 0 Å². The van der Waals surface area contributed by atoms with Crippen LogP contribution in [0.15, 0.2) is 67.3 Å². The fourth-order valence-electron chi connectivity index (χ4n) is 4.47. The largest absolute Gasteiger partial charge is 0.339 e. The third-order valence-electron chi connectivity index (χ3n) is 5.86. The van der Waals surface area contributed by atoms with Crippen molar-refractivity contribution in [1.29, 1.82) is 0 Å². The van der Waals surface area contributed by atoms with Crippen LogP contribution in [0.25, 0.3) is 10.9 Å². The van der Waals surface area contributed by atoms with Gasteiger partial charge in [-0.2, -0.15) is 0 Å². The zero-order chi connectivity index (χ0) is 21.0. The normalized spacial score (nSPS) is 17.0. The maximum Gasteiger partial charge on any atom is 0.148 e. The van der Waals surface area contributed by atoms with Crippen LogP contribution in [0.2, 0.25) is 0 Å². The van der Waals surface area contributed by atoms with Gasteiger partial charge in [0.05, 0.1) is 11.7 Å². The second kappa shape index (κ2) is 8.78. The number of piperidine rings is 1. The highest BCUT2D eigenvalue weighted by atomic mass is 15.1. The van der Waals surface area contributed by atoms with Crippen LogP contribution in [0.5, 0.6) is 0 Å². The van der Waals surface area contributed by atoms with E-state index < -0.39 is 0 Å². The Hall–Kier alpha value is -3.38. The SMILES string of the molecule is Cc1cc(Nc2cnccn2)cc([C@H]2CCCN(Cc3cccc4ncccc34)C2)n1. The molecule has 6 heteroatoms. The molecule has 0 amide bonds. The van der Waals surface area contributed by atoms with E-state index in [1.165, 1.54) is 17.4 Å². The number of aryl methyl sites for hydroxylation is 1. The lowest BCUT2D eigenvalue weighted by molar-refractivity contribution is 0.199. The highest BCUT2D eigenvalue weighted by molar-refractivity contribution is 5.81. The van der Waals surface area contributed by atoms with Gasteiger partial charge < -0.3 is 5.32 Å². The van der Waals surface area contributed by atoms with Gasteiger partial charge in [0.15, 0.2) is 0 Å².